The van der Waals surface area contributed by atoms with E-state index in [4.69, 9.17) is 4.89 Å². The van der Waals surface area contributed by atoms with Gasteiger partial charge >= 0.3 is 13.7 Å². The van der Waals surface area contributed by atoms with Crippen molar-refractivity contribution in [2.75, 3.05) is 14.2 Å². The molecule has 0 aliphatic carbocycles. The summed E-state index contributed by atoms with van der Waals surface area (Å²) in [5.74, 6) is -0.624. The van der Waals surface area contributed by atoms with Gasteiger partial charge < -0.3 is 14.2 Å². The monoisotopic (exact) mass is 197 g/mol. The molecule has 0 heterocycles. The Morgan fingerprint density at radius 2 is 2.08 bits per heavy atom. The van der Waals surface area contributed by atoms with Crippen molar-refractivity contribution in [3.63, 3.8) is 0 Å². The fourth-order valence-electron chi connectivity index (χ4n) is 0.527. The van der Waals surface area contributed by atoms with Crippen LogP contribution in [0.15, 0.2) is 0 Å². The van der Waals surface area contributed by atoms with Gasteiger partial charge in [-0.2, -0.15) is 0 Å². The van der Waals surface area contributed by atoms with E-state index < -0.39 is 19.8 Å². The van der Waals surface area contributed by atoms with Crippen LogP contribution in [-0.2, 0) is 18.6 Å². The van der Waals surface area contributed by atoms with Crippen LogP contribution < -0.4 is 5.09 Å². The second-order valence-corrected chi connectivity index (χ2v) is 3.74. The van der Waals surface area contributed by atoms with E-state index in [2.05, 4.69) is 14.3 Å². The summed E-state index contributed by atoms with van der Waals surface area (Å²) in [5.41, 5.74) is 0. The van der Waals surface area contributed by atoms with Gasteiger partial charge in [-0.25, -0.2) is 9.65 Å². The van der Waals surface area contributed by atoms with E-state index in [9.17, 15) is 9.36 Å². The third kappa shape index (κ3) is 3.82. The molecule has 0 saturated carbocycles. The van der Waals surface area contributed by atoms with E-state index in [0.717, 1.165) is 7.11 Å². The topological polar surface area (TPSA) is 84.9 Å². The van der Waals surface area contributed by atoms with Gasteiger partial charge in [0.2, 0.25) is 0 Å². The largest absolute Gasteiger partial charge is 0.468 e. The summed E-state index contributed by atoms with van der Waals surface area (Å²) in [7, 11) is -1.59. The maximum Gasteiger partial charge on any atom is 0.403 e. The fourth-order valence-corrected chi connectivity index (χ4v) is 1.23. The molecule has 0 radical (unpaired) electrons. The Balaban J connectivity index is 4.09. The molecular formula is C5H12NO5P. The van der Waals surface area contributed by atoms with Crippen LogP contribution in [-0.4, -0.2) is 31.1 Å². The molecule has 0 amide bonds. The Kier molecular flexibility index (Phi) is 4.41. The van der Waals surface area contributed by atoms with E-state index >= 15 is 0 Å². The fraction of sp³-hybridized carbons (Fsp3) is 0.800. The first kappa shape index (κ1) is 11.6. The number of rotatable bonds is 4. The maximum atomic E-state index is 10.8. The molecule has 0 saturated heterocycles. The molecule has 0 aromatic rings. The highest BCUT2D eigenvalue weighted by molar-refractivity contribution is 7.50. The zero-order valence-electron chi connectivity index (χ0n) is 7.10. The van der Waals surface area contributed by atoms with Crippen LogP contribution in [0.3, 0.4) is 0 Å². The lowest BCUT2D eigenvalue weighted by atomic mass is 10.4. The summed E-state index contributed by atoms with van der Waals surface area (Å²) < 4.78 is 19.3. The molecule has 0 aromatic heterocycles. The SMILES string of the molecule is COC(=O)C(C)NP(=O)(O)OC. The molecule has 2 unspecified atom stereocenters. The van der Waals surface area contributed by atoms with Gasteiger partial charge in [-0.3, -0.25) is 4.79 Å². The summed E-state index contributed by atoms with van der Waals surface area (Å²) in [4.78, 5) is 19.6. The van der Waals surface area contributed by atoms with Gasteiger partial charge in [0.05, 0.1) is 7.11 Å². The molecule has 0 aromatic carbocycles. The minimum absolute atomic E-state index is 0.624. The highest BCUT2D eigenvalue weighted by Crippen LogP contribution is 2.35. The minimum atomic E-state index is -3.85. The second kappa shape index (κ2) is 4.57. The van der Waals surface area contributed by atoms with Gasteiger partial charge in [-0.1, -0.05) is 0 Å². The van der Waals surface area contributed by atoms with Crippen LogP contribution in [0.5, 0.6) is 0 Å². The number of hydrogen-bond acceptors (Lipinski definition) is 4. The normalized spacial score (nSPS) is 18.0. The summed E-state index contributed by atoms with van der Waals surface area (Å²) in [5, 5.41) is 2.07. The van der Waals surface area contributed by atoms with Crippen molar-refractivity contribution in [2.24, 2.45) is 0 Å². The Labute approximate surface area is 70.5 Å². The first-order chi connectivity index (χ1) is 5.43. The summed E-state index contributed by atoms with van der Waals surface area (Å²) in [6, 6.07) is -0.870. The predicted octanol–water partition coefficient (Wildman–Crippen LogP) is -0.116. The molecule has 0 aliphatic heterocycles. The molecule has 72 valence electrons. The van der Waals surface area contributed by atoms with E-state index in [1.54, 1.807) is 0 Å². The minimum Gasteiger partial charge on any atom is -0.468 e. The quantitative estimate of drug-likeness (QED) is 0.483. The zero-order chi connectivity index (χ0) is 9.78. The van der Waals surface area contributed by atoms with Crippen molar-refractivity contribution in [3.8, 4) is 0 Å². The van der Waals surface area contributed by atoms with Gasteiger partial charge in [-0.15, -0.1) is 0 Å². The Hall–Kier alpha value is -0.420. The van der Waals surface area contributed by atoms with Crippen molar-refractivity contribution in [1.82, 2.24) is 5.09 Å². The highest BCUT2D eigenvalue weighted by atomic mass is 31.2. The first-order valence-electron chi connectivity index (χ1n) is 3.17. The second-order valence-electron chi connectivity index (χ2n) is 2.08. The van der Waals surface area contributed by atoms with Crippen molar-refractivity contribution >= 4 is 13.7 Å². The van der Waals surface area contributed by atoms with Crippen molar-refractivity contribution in [3.05, 3.63) is 0 Å². The number of nitrogens with one attached hydrogen (secondary N) is 1. The lowest BCUT2D eigenvalue weighted by molar-refractivity contribution is -0.142. The number of methoxy groups -OCH3 is 1. The first-order valence-corrected chi connectivity index (χ1v) is 4.75. The highest BCUT2D eigenvalue weighted by Gasteiger charge is 2.24. The van der Waals surface area contributed by atoms with Gasteiger partial charge in [0.25, 0.3) is 0 Å². The maximum absolute atomic E-state index is 10.8. The molecular weight excluding hydrogens is 185 g/mol. The van der Waals surface area contributed by atoms with Crippen LogP contribution >= 0.6 is 7.75 Å². The third-order valence-corrected chi connectivity index (χ3v) is 2.37. The lowest BCUT2D eigenvalue weighted by Gasteiger charge is -2.14. The Morgan fingerprint density at radius 3 is 2.42 bits per heavy atom. The molecule has 2 atom stereocenters. The van der Waals surface area contributed by atoms with Gasteiger partial charge in [0.15, 0.2) is 0 Å². The zero-order valence-corrected chi connectivity index (χ0v) is 8.00. The van der Waals surface area contributed by atoms with E-state index in [0.29, 0.717) is 0 Å². The number of hydrogen-bond donors (Lipinski definition) is 2. The molecule has 6 nitrogen and oxygen atoms in total. The van der Waals surface area contributed by atoms with E-state index in [-0.39, 0.29) is 0 Å². The smallest absolute Gasteiger partial charge is 0.403 e. The number of carbonyl (C=O) groups excluding carboxylic acids is 1. The molecule has 0 rings (SSSR count). The average molecular weight is 197 g/mol. The molecule has 0 bridgehead atoms. The summed E-state index contributed by atoms with van der Waals surface area (Å²) in [6.45, 7) is 1.40. The van der Waals surface area contributed by atoms with Crippen molar-refractivity contribution in [1.29, 1.82) is 0 Å². The molecule has 0 fully saturated rings. The van der Waals surface area contributed by atoms with Gasteiger partial charge in [0, 0.05) is 7.11 Å². The van der Waals surface area contributed by atoms with Crippen LogP contribution in [0.4, 0.5) is 0 Å². The van der Waals surface area contributed by atoms with Crippen LogP contribution in [0.1, 0.15) is 6.92 Å². The van der Waals surface area contributed by atoms with Gasteiger partial charge in [0.1, 0.15) is 6.04 Å². The third-order valence-electron chi connectivity index (χ3n) is 1.16. The summed E-state index contributed by atoms with van der Waals surface area (Å²) >= 11 is 0. The number of esters is 1. The Bertz CT molecular complexity index is 206. The van der Waals surface area contributed by atoms with Crippen LogP contribution in [0.25, 0.3) is 0 Å². The van der Waals surface area contributed by atoms with Crippen LogP contribution in [0, 0.1) is 0 Å². The average Bonchev–Trinajstić information content (AvgIpc) is 2.02. The molecule has 12 heavy (non-hydrogen) atoms. The molecule has 7 heteroatoms. The number of carbonyl (C=O) groups is 1. The van der Waals surface area contributed by atoms with Crippen LogP contribution in [0.2, 0.25) is 0 Å². The van der Waals surface area contributed by atoms with E-state index in [1.807, 2.05) is 0 Å². The standard InChI is InChI=1S/C5H12NO5P/c1-4(5(7)10-2)6-12(8,9)11-3/h4H,1-3H3,(H2,6,8,9). The number of ether oxygens (including phenoxy) is 1. The molecule has 2 N–H and O–H groups in total. The summed E-state index contributed by atoms with van der Waals surface area (Å²) in [6.07, 6.45) is 0. The van der Waals surface area contributed by atoms with Crippen molar-refractivity contribution in [2.45, 2.75) is 13.0 Å². The van der Waals surface area contributed by atoms with Gasteiger partial charge in [-0.05, 0) is 6.92 Å². The predicted molar refractivity (Wildman–Crippen MR) is 41.4 cm³/mol. The lowest BCUT2D eigenvalue weighted by Crippen LogP contribution is -2.32. The molecule has 0 aliphatic rings. The van der Waals surface area contributed by atoms with Crippen molar-refractivity contribution < 1.29 is 23.5 Å². The Morgan fingerprint density at radius 1 is 1.58 bits per heavy atom. The molecule has 0 spiro atoms. The van der Waals surface area contributed by atoms with E-state index in [1.165, 1.54) is 14.0 Å².